The van der Waals surface area contributed by atoms with Crippen molar-refractivity contribution in [2.24, 2.45) is 0 Å². The van der Waals surface area contributed by atoms with Crippen LogP contribution < -0.4 is 5.32 Å². The molecule has 0 aliphatic rings. The first-order valence-corrected chi connectivity index (χ1v) is 6.67. The molecular weight excluding hydrogens is 284 g/mol. The Kier molecular flexibility index (Phi) is 3.61. The number of aryl methyl sites for hydroxylation is 2. The molecule has 0 atom stereocenters. The number of aromatic nitrogens is 1. The van der Waals surface area contributed by atoms with E-state index in [4.69, 9.17) is 0 Å². The number of anilines is 1. The number of rotatable bonds is 3. The van der Waals surface area contributed by atoms with Crippen LogP contribution in [0.15, 0.2) is 28.9 Å². The maximum Gasteiger partial charge on any atom is 0.0897 e. The van der Waals surface area contributed by atoms with Crippen molar-refractivity contribution in [2.45, 2.75) is 20.4 Å². The van der Waals surface area contributed by atoms with Crippen LogP contribution in [0.4, 0.5) is 5.69 Å². The standard InChI is InChI=1S/C12H13BrN2S/c1-8-3-4-12(11(13)5-8)15-7-10-6-14-9(2)16-10/h3-6,15H,7H2,1-2H3. The maximum absolute atomic E-state index is 4.23. The Morgan fingerprint density at radius 2 is 2.19 bits per heavy atom. The summed E-state index contributed by atoms with van der Waals surface area (Å²) >= 11 is 5.28. The van der Waals surface area contributed by atoms with Gasteiger partial charge in [0.1, 0.15) is 0 Å². The van der Waals surface area contributed by atoms with Gasteiger partial charge < -0.3 is 5.32 Å². The summed E-state index contributed by atoms with van der Waals surface area (Å²) in [4.78, 5) is 5.49. The lowest BCUT2D eigenvalue weighted by Crippen LogP contribution is -1.98. The molecule has 0 spiro atoms. The second-order valence-corrected chi connectivity index (χ2v) is 5.86. The van der Waals surface area contributed by atoms with E-state index in [0.717, 1.165) is 21.7 Å². The predicted octanol–water partition coefficient (Wildman–Crippen LogP) is 4.13. The van der Waals surface area contributed by atoms with E-state index in [9.17, 15) is 0 Å². The normalized spacial score (nSPS) is 10.4. The number of hydrogen-bond acceptors (Lipinski definition) is 3. The van der Waals surface area contributed by atoms with Gasteiger partial charge >= 0.3 is 0 Å². The van der Waals surface area contributed by atoms with E-state index in [-0.39, 0.29) is 0 Å². The summed E-state index contributed by atoms with van der Waals surface area (Å²) in [5, 5.41) is 4.50. The van der Waals surface area contributed by atoms with Crippen molar-refractivity contribution in [1.82, 2.24) is 4.98 Å². The molecule has 0 fully saturated rings. The van der Waals surface area contributed by atoms with E-state index in [0.29, 0.717) is 0 Å². The van der Waals surface area contributed by atoms with E-state index in [2.05, 4.69) is 51.4 Å². The first-order valence-electron chi connectivity index (χ1n) is 5.06. The molecule has 84 valence electrons. The van der Waals surface area contributed by atoms with Crippen molar-refractivity contribution in [3.8, 4) is 0 Å². The Morgan fingerprint density at radius 1 is 1.38 bits per heavy atom. The Hall–Kier alpha value is -0.870. The van der Waals surface area contributed by atoms with Crippen molar-refractivity contribution in [3.05, 3.63) is 44.3 Å². The van der Waals surface area contributed by atoms with Gasteiger partial charge in [0.2, 0.25) is 0 Å². The van der Waals surface area contributed by atoms with Crippen molar-refractivity contribution in [3.63, 3.8) is 0 Å². The van der Waals surface area contributed by atoms with Gasteiger partial charge in [-0.1, -0.05) is 6.07 Å². The quantitative estimate of drug-likeness (QED) is 0.921. The third-order valence-electron chi connectivity index (χ3n) is 2.25. The van der Waals surface area contributed by atoms with Crippen LogP contribution in [0.25, 0.3) is 0 Å². The molecule has 0 radical (unpaired) electrons. The van der Waals surface area contributed by atoms with Crippen LogP contribution in [-0.2, 0) is 6.54 Å². The van der Waals surface area contributed by atoms with Crippen LogP contribution in [0, 0.1) is 13.8 Å². The minimum absolute atomic E-state index is 0.827. The van der Waals surface area contributed by atoms with Gasteiger partial charge in [-0.15, -0.1) is 11.3 Å². The highest BCUT2D eigenvalue weighted by molar-refractivity contribution is 9.10. The highest BCUT2D eigenvalue weighted by Gasteiger charge is 2.01. The van der Waals surface area contributed by atoms with Gasteiger partial charge in [-0.3, -0.25) is 0 Å². The highest BCUT2D eigenvalue weighted by Crippen LogP contribution is 2.24. The van der Waals surface area contributed by atoms with Crippen molar-refractivity contribution >= 4 is 33.0 Å². The second kappa shape index (κ2) is 4.97. The second-order valence-electron chi connectivity index (χ2n) is 3.68. The number of hydrogen-bond donors (Lipinski definition) is 1. The predicted molar refractivity (Wildman–Crippen MR) is 73.1 cm³/mol. The van der Waals surface area contributed by atoms with E-state index in [1.54, 1.807) is 11.3 Å². The number of nitrogens with one attached hydrogen (secondary N) is 1. The Labute approximate surface area is 108 Å². The van der Waals surface area contributed by atoms with Gasteiger partial charge in [0.05, 0.1) is 11.6 Å². The van der Waals surface area contributed by atoms with Gasteiger partial charge in [-0.05, 0) is 47.5 Å². The molecule has 0 saturated carbocycles. The summed E-state index contributed by atoms with van der Waals surface area (Å²) in [6.45, 7) is 4.93. The Bertz CT molecular complexity index is 494. The molecule has 0 aliphatic carbocycles. The molecule has 4 heteroatoms. The largest absolute Gasteiger partial charge is 0.379 e. The molecule has 0 aliphatic heterocycles. The van der Waals surface area contributed by atoms with Crippen molar-refractivity contribution in [1.29, 1.82) is 0 Å². The fourth-order valence-electron chi connectivity index (χ4n) is 1.43. The topological polar surface area (TPSA) is 24.9 Å². The summed E-state index contributed by atoms with van der Waals surface area (Å²) in [7, 11) is 0. The first kappa shape index (κ1) is 11.6. The first-order chi connectivity index (χ1) is 7.65. The molecule has 16 heavy (non-hydrogen) atoms. The van der Waals surface area contributed by atoms with Crippen LogP contribution in [0.5, 0.6) is 0 Å². The Balaban J connectivity index is 2.04. The summed E-state index contributed by atoms with van der Waals surface area (Å²) in [5.41, 5.74) is 2.38. The van der Waals surface area contributed by atoms with Crippen LogP contribution in [0.2, 0.25) is 0 Å². The molecule has 0 saturated heterocycles. The lowest BCUT2D eigenvalue weighted by molar-refractivity contribution is 1.16. The molecule has 0 amide bonds. The number of benzene rings is 1. The van der Waals surface area contributed by atoms with Gasteiger partial charge in [0.25, 0.3) is 0 Å². The molecule has 0 bridgehead atoms. The lowest BCUT2D eigenvalue weighted by Gasteiger charge is -2.07. The molecule has 2 rings (SSSR count). The maximum atomic E-state index is 4.23. The SMILES string of the molecule is Cc1ccc(NCc2cnc(C)s2)c(Br)c1. The average Bonchev–Trinajstić information content (AvgIpc) is 2.63. The summed E-state index contributed by atoms with van der Waals surface area (Å²) in [5.74, 6) is 0. The smallest absolute Gasteiger partial charge is 0.0897 e. The number of halogens is 1. The van der Waals surface area contributed by atoms with E-state index < -0.39 is 0 Å². The molecule has 1 aromatic carbocycles. The van der Waals surface area contributed by atoms with Crippen molar-refractivity contribution in [2.75, 3.05) is 5.32 Å². The minimum Gasteiger partial charge on any atom is -0.379 e. The van der Waals surface area contributed by atoms with Gasteiger partial charge in [0.15, 0.2) is 0 Å². The monoisotopic (exact) mass is 296 g/mol. The lowest BCUT2D eigenvalue weighted by atomic mass is 10.2. The Morgan fingerprint density at radius 3 is 2.81 bits per heavy atom. The number of thiazole rings is 1. The fraction of sp³-hybridized carbons (Fsp3) is 0.250. The van der Waals surface area contributed by atoms with Gasteiger partial charge in [-0.2, -0.15) is 0 Å². The van der Waals surface area contributed by atoms with Crippen LogP contribution in [-0.4, -0.2) is 4.98 Å². The molecular formula is C12H13BrN2S. The molecule has 1 aromatic heterocycles. The third-order valence-corrected chi connectivity index (χ3v) is 3.82. The van der Waals surface area contributed by atoms with E-state index in [1.165, 1.54) is 10.4 Å². The minimum atomic E-state index is 0.827. The van der Waals surface area contributed by atoms with Crippen LogP contribution in [0.1, 0.15) is 15.4 Å². The fourth-order valence-corrected chi connectivity index (χ4v) is 2.80. The van der Waals surface area contributed by atoms with Crippen LogP contribution >= 0.6 is 27.3 Å². The third kappa shape index (κ3) is 2.83. The van der Waals surface area contributed by atoms with E-state index in [1.807, 2.05) is 13.1 Å². The zero-order valence-corrected chi connectivity index (χ0v) is 11.7. The summed E-state index contributed by atoms with van der Waals surface area (Å²) in [6, 6.07) is 6.30. The van der Waals surface area contributed by atoms with Gasteiger partial charge in [-0.25, -0.2) is 4.98 Å². The molecule has 2 nitrogen and oxygen atoms in total. The molecule has 1 N–H and O–H groups in total. The zero-order chi connectivity index (χ0) is 11.5. The highest BCUT2D eigenvalue weighted by atomic mass is 79.9. The van der Waals surface area contributed by atoms with Crippen molar-refractivity contribution < 1.29 is 0 Å². The zero-order valence-electron chi connectivity index (χ0n) is 9.25. The molecule has 0 unspecified atom stereocenters. The molecule has 1 heterocycles. The molecule has 2 aromatic rings. The summed E-state index contributed by atoms with van der Waals surface area (Å²) < 4.78 is 1.11. The summed E-state index contributed by atoms with van der Waals surface area (Å²) in [6.07, 6.45) is 1.93. The average molecular weight is 297 g/mol. The van der Waals surface area contributed by atoms with Crippen LogP contribution in [0.3, 0.4) is 0 Å². The van der Waals surface area contributed by atoms with Gasteiger partial charge in [0, 0.05) is 21.2 Å². The van der Waals surface area contributed by atoms with E-state index >= 15 is 0 Å². The number of nitrogens with zero attached hydrogens (tertiary/aromatic N) is 1.